The summed E-state index contributed by atoms with van der Waals surface area (Å²) >= 11 is 0. The number of ether oxygens (including phenoxy) is 3. The van der Waals surface area contributed by atoms with Gasteiger partial charge in [-0.3, -0.25) is 4.79 Å². The van der Waals surface area contributed by atoms with Crippen molar-refractivity contribution in [1.29, 1.82) is 0 Å². The van der Waals surface area contributed by atoms with E-state index in [9.17, 15) is 4.79 Å². The van der Waals surface area contributed by atoms with E-state index in [2.05, 4.69) is 37.2 Å². The minimum Gasteiger partial charge on any atom is -0.497 e. The molecule has 3 aromatic rings. The standard InChI is InChI=1S/C33H38FNO4/c1-35(2)33(23-11-12-23)30-16-21(8-14-27(30)29-18-25(37-3)13-15-31(29)34)20-39-26-7-5-6-24(17-26)28(22-9-10-22)19-32(36)38-4/h5-8,13-18,22-23,28,33H,9-12,19-20H2,1-4H3/t28-,33?/m0/s1. The summed E-state index contributed by atoms with van der Waals surface area (Å²) in [5, 5.41) is 0. The van der Waals surface area contributed by atoms with Crippen LogP contribution in [0.25, 0.3) is 11.1 Å². The van der Waals surface area contributed by atoms with Crippen LogP contribution in [0.5, 0.6) is 11.5 Å². The molecule has 5 rings (SSSR count). The predicted molar refractivity (Wildman–Crippen MR) is 150 cm³/mol. The monoisotopic (exact) mass is 531 g/mol. The van der Waals surface area contributed by atoms with E-state index in [-0.39, 0.29) is 23.7 Å². The van der Waals surface area contributed by atoms with E-state index in [1.165, 1.54) is 26.0 Å². The molecule has 206 valence electrons. The van der Waals surface area contributed by atoms with Crippen molar-refractivity contribution < 1.29 is 23.4 Å². The minimum atomic E-state index is -0.261. The lowest BCUT2D eigenvalue weighted by atomic mass is 9.90. The Morgan fingerprint density at radius 3 is 2.36 bits per heavy atom. The maximum atomic E-state index is 15.1. The maximum absolute atomic E-state index is 15.1. The molecule has 2 atom stereocenters. The number of rotatable bonds is 12. The largest absolute Gasteiger partial charge is 0.497 e. The molecule has 2 saturated carbocycles. The van der Waals surface area contributed by atoms with Gasteiger partial charge in [0, 0.05) is 11.6 Å². The Morgan fingerprint density at radius 2 is 1.69 bits per heavy atom. The molecule has 2 fully saturated rings. The number of methoxy groups -OCH3 is 2. The first kappa shape index (κ1) is 27.2. The third kappa shape index (κ3) is 6.44. The number of carbonyl (C=O) groups is 1. The van der Waals surface area contributed by atoms with E-state index in [1.54, 1.807) is 19.2 Å². The van der Waals surface area contributed by atoms with Crippen LogP contribution in [0.4, 0.5) is 4.39 Å². The molecule has 0 aromatic heterocycles. The predicted octanol–water partition coefficient (Wildman–Crippen LogP) is 7.15. The number of hydrogen-bond acceptors (Lipinski definition) is 5. The maximum Gasteiger partial charge on any atom is 0.306 e. The van der Waals surface area contributed by atoms with Gasteiger partial charge in [0.25, 0.3) is 0 Å². The number of carbonyl (C=O) groups excluding carboxylic acids is 1. The second kappa shape index (κ2) is 11.8. The summed E-state index contributed by atoms with van der Waals surface area (Å²) in [6.45, 7) is 0.396. The molecule has 39 heavy (non-hydrogen) atoms. The molecule has 0 spiro atoms. The fourth-order valence-electron chi connectivity index (χ4n) is 5.72. The molecular weight excluding hydrogens is 493 g/mol. The normalized spacial score (nSPS) is 16.6. The topological polar surface area (TPSA) is 48.0 Å². The van der Waals surface area contributed by atoms with Crippen molar-refractivity contribution in [3.05, 3.63) is 83.2 Å². The van der Waals surface area contributed by atoms with Crippen LogP contribution in [0.15, 0.2) is 60.7 Å². The molecule has 6 heteroatoms. The van der Waals surface area contributed by atoms with Crippen LogP contribution in [0.1, 0.15) is 60.8 Å². The molecular formula is C33H38FNO4. The second-order valence-electron chi connectivity index (χ2n) is 11.1. The van der Waals surface area contributed by atoms with E-state index < -0.39 is 0 Å². The lowest BCUT2D eigenvalue weighted by Crippen LogP contribution is -2.22. The van der Waals surface area contributed by atoms with Gasteiger partial charge < -0.3 is 19.1 Å². The number of esters is 1. The van der Waals surface area contributed by atoms with Crippen molar-refractivity contribution in [2.24, 2.45) is 11.8 Å². The van der Waals surface area contributed by atoms with Gasteiger partial charge in [-0.1, -0.05) is 30.3 Å². The first-order chi connectivity index (χ1) is 18.9. The Morgan fingerprint density at radius 1 is 0.923 bits per heavy atom. The summed E-state index contributed by atoms with van der Waals surface area (Å²) < 4.78 is 31.7. The molecule has 2 aliphatic carbocycles. The summed E-state index contributed by atoms with van der Waals surface area (Å²) in [5.41, 5.74) is 4.69. The molecule has 0 aliphatic heterocycles. The molecule has 0 N–H and O–H groups in total. The van der Waals surface area contributed by atoms with Gasteiger partial charge in [-0.25, -0.2) is 4.39 Å². The van der Waals surface area contributed by atoms with Gasteiger partial charge in [0.2, 0.25) is 0 Å². The third-order valence-electron chi connectivity index (χ3n) is 8.02. The molecule has 2 aliphatic rings. The zero-order valence-electron chi connectivity index (χ0n) is 23.3. The highest BCUT2D eigenvalue weighted by Gasteiger charge is 2.36. The van der Waals surface area contributed by atoms with Crippen molar-refractivity contribution in [1.82, 2.24) is 4.90 Å². The van der Waals surface area contributed by atoms with E-state index in [4.69, 9.17) is 14.2 Å². The summed E-state index contributed by atoms with van der Waals surface area (Å²) in [4.78, 5) is 14.2. The quantitative estimate of drug-likeness (QED) is 0.232. The summed E-state index contributed by atoms with van der Waals surface area (Å²) in [5.74, 6) is 2.20. The molecule has 5 nitrogen and oxygen atoms in total. The molecule has 0 bridgehead atoms. The highest BCUT2D eigenvalue weighted by molar-refractivity contribution is 5.71. The number of benzene rings is 3. The first-order valence-corrected chi connectivity index (χ1v) is 13.8. The smallest absolute Gasteiger partial charge is 0.306 e. The van der Waals surface area contributed by atoms with Gasteiger partial charge >= 0.3 is 5.97 Å². The Kier molecular flexibility index (Phi) is 8.22. The fourth-order valence-corrected chi connectivity index (χ4v) is 5.72. The highest BCUT2D eigenvalue weighted by atomic mass is 19.1. The molecule has 0 heterocycles. The lowest BCUT2D eigenvalue weighted by molar-refractivity contribution is -0.141. The summed E-state index contributed by atoms with van der Waals surface area (Å²) in [6.07, 6.45) is 5.02. The van der Waals surface area contributed by atoms with Crippen molar-refractivity contribution in [3.63, 3.8) is 0 Å². The van der Waals surface area contributed by atoms with E-state index in [1.807, 2.05) is 24.3 Å². The van der Waals surface area contributed by atoms with Crippen LogP contribution in [-0.2, 0) is 16.1 Å². The SMILES string of the molecule is COC(=O)C[C@H](c1cccc(OCc2ccc(-c3cc(OC)ccc3F)c(C(C3CC3)N(C)C)c2)c1)C1CC1. The molecule has 0 amide bonds. The molecule has 3 aromatic carbocycles. The first-order valence-electron chi connectivity index (χ1n) is 13.8. The van der Waals surface area contributed by atoms with Crippen LogP contribution in [-0.4, -0.2) is 39.2 Å². The molecule has 1 unspecified atom stereocenters. The number of hydrogen-bond donors (Lipinski definition) is 0. The number of halogens is 1. The Hall–Kier alpha value is -3.38. The summed E-state index contributed by atoms with van der Waals surface area (Å²) in [6, 6.07) is 19.4. The van der Waals surface area contributed by atoms with Gasteiger partial charge in [0.15, 0.2) is 0 Å². The molecule has 0 saturated heterocycles. The van der Waals surface area contributed by atoms with Crippen molar-refractivity contribution in [3.8, 4) is 22.6 Å². The van der Waals surface area contributed by atoms with Crippen LogP contribution < -0.4 is 9.47 Å². The Balaban J connectivity index is 1.41. The zero-order valence-corrected chi connectivity index (χ0v) is 23.3. The van der Waals surface area contributed by atoms with Crippen molar-refractivity contribution in [2.45, 2.75) is 50.7 Å². The van der Waals surface area contributed by atoms with E-state index >= 15 is 4.39 Å². The second-order valence-corrected chi connectivity index (χ2v) is 11.1. The van der Waals surface area contributed by atoms with Gasteiger partial charge in [-0.05, 0) is 110 Å². The number of nitrogens with zero attached hydrogens (tertiary/aromatic N) is 1. The van der Waals surface area contributed by atoms with Gasteiger partial charge in [-0.15, -0.1) is 0 Å². The van der Waals surface area contributed by atoms with Crippen LogP contribution in [0.2, 0.25) is 0 Å². The van der Waals surface area contributed by atoms with E-state index in [0.29, 0.717) is 36.2 Å². The van der Waals surface area contributed by atoms with Crippen molar-refractivity contribution >= 4 is 5.97 Å². The fraction of sp³-hybridized carbons (Fsp3) is 0.424. The Bertz CT molecular complexity index is 1310. The van der Waals surface area contributed by atoms with Crippen molar-refractivity contribution in [2.75, 3.05) is 28.3 Å². The van der Waals surface area contributed by atoms with Gasteiger partial charge in [-0.2, -0.15) is 0 Å². The van der Waals surface area contributed by atoms with Crippen LogP contribution in [0.3, 0.4) is 0 Å². The zero-order chi connectivity index (χ0) is 27.5. The van der Waals surface area contributed by atoms with E-state index in [0.717, 1.165) is 40.8 Å². The highest BCUT2D eigenvalue weighted by Crippen LogP contribution is 2.47. The summed E-state index contributed by atoms with van der Waals surface area (Å²) in [7, 11) is 7.22. The third-order valence-corrected chi connectivity index (χ3v) is 8.02. The average molecular weight is 532 g/mol. The lowest BCUT2D eigenvalue weighted by Gasteiger charge is -2.28. The van der Waals surface area contributed by atoms with Gasteiger partial charge in [0.05, 0.1) is 20.6 Å². The molecule has 0 radical (unpaired) electrons. The van der Waals surface area contributed by atoms with Crippen LogP contribution in [0, 0.1) is 17.7 Å². The van der Waals surface area contributed by atoms with Crippen LogP contribution >= 0.6 is 0 Å². The Labute approximate surface area is 230 Å². The van der Waals surface area contributed by atoms with Gasteiger partial charge in [0.1, 0.15) is 23.9 Å². The minimum absolute atomic E-state index is 0.157. The average Bonchev–Trinajstić information content (AvgIpc) is 3.86.